The van der Waals surface area contributed by atoms with Gasteiger partial charge in [0.2, 0.25) is 6.73 Å². The van der Waals surface area contributed by atoms with Gasteiger partial charge in [0.25, 0.3) is 0 Å². The van der Waals surface area contributed by atoms with Crippen LogP contribution in [0.15, 0.2) is 27.4 Å². The molecule has 2 aromatic rings. The van der Waals surface area contributed by atoms with Crippen molar-refractivity contribution in [1.29, 1.82) is 0 Å². The van der Waals surface area contributed by atoms with Crippen LogP contribution in [0.3, 0.4) is 0 Å². The minimum absolute atomic E-state index is 0.263. The van der Waals surface area contributed by atoms with E-state index in [1.807, 2.05) is 12.1 Å². The van der Waals surface area contributed by atoms with Gasteiger partial charge in [-0.2, -0.15) is 0 Å². The van der Waals surface area contributed by atoms with Gasteiger partial charge < -0.3 is 9.15 Å². The molecule has 1 aliphatic heterocycles. The molecule has 1 N–H and O–H groups in total. The number of nitrogens with one attached hydrogen (secondary N) is 1. The summed E-state index contributed by atoms with van der Waals surface area (Å²) in [5, 5.41) is 1.05. The second-order valence-electron chi connectivity index (χ2n) is 5.76. The van der Waals surface area contributed by atoms with Gasteiger partial charge in [0.05, 0.1) is 11.6 Å². The average Bonchev–Trinajstić information content (AvgIpc) is 3.30. The third-order valence-electron chi connectivity index (χ3n) is 4.41. The van der Waals surface area contributed by atoms with Gasteiger partial charge in [-0.15, -0.1) is 0 Å². The molecule has 1 aromatic carbocycles. The number of ether oxygens (including phenoxy) is 1. The van der Waals surface area contributed by atoms with E-state index >= 15 is 0 Å². The lowest BCUT2D eigenvalue weighted by molar-refractivity contribution is -0.943. The molecule has 0 amide bonds. The largest absolute Gasteiger partial charge is 0.445 e. The summed E-state index contributed by atoms with van der Waals surface area (Å²) in [6.45, 7) is 3.68. The summed E-state index contributed by atoms with van der Waals surface area (Å²) in [6.07, 6.45) is 3.40. The molecular formula is C16H18NO3+. The van der Waals surface area contributed by atoms with Crippen molar-refractivity contribution < 1.29 is 14.1 Å². The first-order valence-electron chi connectivity index (χ1n) is 7.32. The lowest BCUT2D eigenvalue weighted by Crippen LogP contribution is -3.13. The molecule has 4 rings (SSSR count). The Bertz CT molecular complexity index is 730. The van der Waals surface area contributed by atoms with E-state index in [0.29, 0.717) is 0 Å². The fourth-order valence-corrected chi connectivity index (χ4v) is 3.13. The van der Waals surface area contributed by atoms with Crippen LogP contribution in [-0.2, 0) is 13.0 Å². The van der Waals surface area contributed by atoms with E-state index in [4.69, 9.17) is 9.15 Å². The second kappa shape index (κ2) is 4.35. The number of benzene rings is 1. The van der Waals surface area contributed by atoms with Crippen LogP contribution < -0.4 is 15.3 Å². The van der Waals surface area contributed by atoms with Crippen molar-refractivity contribution in [1.82, 2.24) is 0 Å². The van der Waals surface area contributed by atoms with Gasteiger partial charge in [0.1, 0.15) is 12.3 Å². The summed E-state index contributed by atoms with van der Waals surface area (Å²) in [4.78, 5) is 13.2. The number of hydrogen-bond acceptors (Lipinski definition) is 3. The number of aryl methyl sites for hydroxylation is 1. The number of rotatable bonds is 2. The zero-order chi connectivity index (χ0) is 13.7. The van der Waals surface area contributed by atoms with Crippen molar-refractivity contribution in [2.45, 2.75) is 38.8 Å². The number of hydrogen-bond donors (Lipinski definition) is 1. The van der Waals surface area contributed by atoms with Crippen LogP contribution in [-0.4, -0.2) is 12.8 Å². The van der Waals surface area contributed by atoms with Crippen LogP contribution in [0.5, 0.6) is 5.75 Å². The van der Waals surface area contributed by atoms with E-state index in [9.17, 15) is 4.79 Å². The van der Waals surface area contributed by atoms with Gasteiger partial charge in [-0.25, -0.2) is 4.79 Å². The molecular weight excluding hydrogens is 254 g/mol. The van der Waals surface area contributed by atoms with Crippen molar-refractivity contribution in [2.24, 2.45) is 0 Å². The highest BCUT2D eigenvalue weighted by atomic mass is 16.5. The quantitative estimate of drug-likeness (QED) is 0.837. The molecule has 0 saturated heterocycles. The van der Waals surface area contributed by atoms with Crippen LogP contribution in [0.25, 0.3) is 11.0 Å². The van der Waals surface area contributed by atoms with E-state index < -0.39 is 0 Å². The van der Waals surface area contributed by atoms with Gasteiger partial charge in [0, 0.05) is 24.3 Å². The second-order valence-corrected chi connectivity index (χ2v) is 5.76. The Morgan fingerprint density at radius 3 is 2.95 bits per heavy atom. The van der Waals surface area contributed by atoms with E-state index in [0.717, 1.165) is 53.6 Å². The highest BCUT2D eigenvalue weighted by Gasteiger charge is 2.37. The van der Waals surface area contributed by atoms with Gasteiger partial charge in [-0.3, -0.25) is 4.90 Å². The third kappa shape index (κ3) is 1.83. The normalized spacial score (nSPS) is 21.6. The van der Waals surface area contributed by atoms with Crippen molar-refractivity contribution >= 4 is 11.0 Å². The SMILES string of the molecule is CCc1cc(=O)oc2c3c(ccc12)OC[NH+](C1CC1)C3. The predicted molar refractivity (Wildman–Crippen MR) is 75.0 cm³/mol. The molecule has 1 aliphatic carbocycles. The first-order valence-corrected chi connectivity index (χ1v) is 7.32. The van der Waals surface area contributed by atoms with E-state index in [1.165, 1.54) is 17.7 Å². The summed E-state index contributed by atoms with van der Waals surface area (Å²) in [6, 6.07) is 6.35. The van der Waals surface area contributed by atoms with Crippen LogP contribution in [0.4, 0.5) is 0 Å². The van der Waals surface area contributed by atoms with Crippen LogP contribution in [0, 0.1) is 0 Å². The standard InChI is InChI=1S/C16H17NO3/c1-2-10-7-15(18)20-16-12(10)5-6-14-13(16)8-17(9-19-14)11-3-4-11/h5-7,11H,2-4,8-9H2,1H3/p+1. The Balaban J connectivity index is 1.91. The maximum absolute atomic E-state index is 11.8. The van der Waals surface area contributed by atoms with Gasteiger partial charge in [-0.1, -0.05) is 6.92 Å². The topological polar surface area (TPSA) is 43.9 Å². The Morgan fingerprint density at radius 2 is 2.20 bits per heavy atom. The Hall–Kier alpha value is -1.81. The Morgan fingerprint density at radius 1 is 1.35 bits per heavy atom. The van der Waals surface area contributed by atoms with Gasteiger partial charge in [0.15, 0.2) is 5.58 Å². The van der Waals surface area contributed by atoms with Gasteiger partial charge >= 0.3 is 5.63 Å². The summed E-state index contributed by atoms with van der Waals surface area (Å²) in [5.41, 5.74) is 2.58. The lowest BCUT2D eigenvalue weighted by atomic mass is 10.0. The number of quaternary nitrogens is 1. The van der Waals surface area contributed by atoms with Crippen molar-refractivity contribution in [3.05, 3.63) is 39.7 Å². The monoisotopic (exact) mass is 272 g/mol. The number of fused-ring (bicyclic) bond motifs is 3. The first kappa shape index (κ1) is 12.0. The first-order chi connectivity index (χ1) is 9.76. The molecule has 104 valence electrons. The maximum atomic E-state index is 11.8. The molecule has 1 saturated carbocycles. The lowest BCUT2D eigenvalue weighted by Gasteiger charge is -2.26. The highest BCUT2D eigenvalue weighted by Crippen LogP contribution is 2.31. The zero-order valence-electron chi connectivity index (χ0n) is 11.6. The molecule has 1 unspecified atom stereocenters. The van der Waals surface area contributed by atoms with Crippen LogP contribution in [0.1, 0.15) is 30.9 Å². The minimum atomic E-state index is -0.263. The van der Waals surface area contributed by atoms with Crippen molar-refractivity contribution in [3.8, 4) is 5.75 Å². The summed E-state index contributed by atoms with van der Waals surface area (Å²) < 4.78 is 11.4. The summed E-state index contributed by atoms with van der Waals surface area (Å²) in [7, 11) is 0. The molecule has 20 heavy (non-hydrogen) atoms. The van der Waals surface area contributed by atoms with E-state index in [1.54, 1.807) is 6.07 Å². The predicted octanol–water partition coefficient (Wildman–Crippen LogP) is 1.25. The molecule has 1 atom stereocenters. The zero-order valence-corrected chi connectivity index (χ0v) is 11.6. The van der Waals surface area contributed by atoms with Gasteiger partial charge in [-0.05, 0) is 24.1 Å². The maximum Gasteiger partial charge on any atom is 0.336 e. The molecule has 2 heterocycles. The van der Waals surface area contributed by atoms with Crippen LogP contribution >= 0.6 is 0 Å². The summed E-state index contributed by atoms with van der Waals surface area (Å²) >= 11 is 0. The van der Waals surface area contributed by atoms with Crippen molar-refractivity contribution in [2.75, 3.05) is 6.73 Å². The van der Waals surface area contributed by atoms with E-state index in [-0.39, 0.29) is 5.63 Å². The average molecular weight is 272 g/mol. The molecule has 0 spiro atoms. The molecule has 0 bridgehead atoms. The molecule has 1 fully saturated rings. The molecule has 1 aromatic heterocycles. The Kier molecular flexibility index (Phi) is 2.60. The smallest absolute Gasteiger partial charge is 0.336 e. The highest BCUT2D eigenvalue weighted by molar-refractivity contribution is 5.85. The van der Waals surface area contributed by atoms with E-state index in [2.05, 4.69) is 6.92 Å². The fourth-order valence-electron chi connectivity index (χ4n) is 3.13. The minimum Gasteiger partial charge on any atom is -0.445 e. The van der Waals surface area contributed by atoms with Crippen molar-refractivity contribution in [3.63, 3.8) is 0 Å². The molecule has 4 nitrogen and oxygen atoms in total. The van der Waals surface area contributed by atoms with Crippen LogP contribution in [0.2, 0.25) is 0 Å². The molecule has 2 aliphatic rings. The summed E-state index contributed by atoms with van der Waals surface area (Å²) in [5.74, 6) is 0.873. The fraction of sp³-hybridized carbons (Fsp3) is 0.438. The molecule has 0 radical (unpaired) electrons. The Labute approximate surface area is 116 Å². The molecule has 4 heteroatoms. The third-order valence-corrected chi connectivity index (χ3v) is 4.41.